The summed E-state index contributed by atoms with van der Waals surface area (Å²) in [7, 11) is -3.52. The number of hydrogen-bond acceptors (Lipinski definition) is 3. The van der Waals surface area contributed by atoms with Crippen LogP contribution in [0.5, 0.6) is 0 Å². The number of imidazole rings is 1. The Bertz CT molecular complexity index is 918. The molecule has 3 rings (SSSR count). The molecular weight excluding hydrogens is 322 g/mol. The zero-order chi connectivity index (χ0) is 16.8. The highest BCUT2D eigenvalue weighted by molar-refractivity contribution is 7.92. The number of nitrogens with zero attached hydrogens (tertiary/aromatic N) is 2. The van der Waals surface area contributed by atoms with E-state index >= 15 is 0 Å². The highest BCUT2D eigenvalue weighted by Gasteiger charge is 2.08. The van der Waals surface area contributed by atoms with E-state index < -0.39 is 10.0 Å². The second-order valence-electron chi connectivity index (χ2n) is 5.18. The Labute approximate surface area is 141 Å². The van der Waals surface area contributed by atoms with Gasteiger partial charge in [0.25, 0.3) is 0 Å². The number of para-hydroxylation sites is 1. The van der Waals surface area contributed by atoms with Crippen molar-refractivity contribution in [3.63, 3.8) is 0 Å². The van der Waals surface area contributed by atoms with Crippen LogP contribution < -0.4 is 4.72 Å². The monoisotopic (exact) mass is 339 g/mol. The van der Waals surface area contributed by atoms with E-state index in [1.807, 2.05) is 65.4 Å². The second kappa shape index (κ2) is 7.25. The summed E-state index contributed by atoms with van der Waals surface area (Å²) in [6.07, 6.45) is 6.76. The Balaban J connectivity index is 1.73. The molecule has 0 radical (unpaired) electrons. The molecule has 0 spiro atoms. The lowest BCUT2D eigenvalue weighted by atomic mass is 10.2. The minimum atomic E-state index is -3.52. The largest absolute Gasteiger partial charge is 0.306 e. The molecular formula is C18H17N3O2S. The number of sulfonamides is 1. The van der Waals surface area contributed by atoms with Gasteiger partial charge in [0.2, 0.25) is 10.0 Å². The molecule has 0 fully saturated rings. The number of nitrogens with one attached hydrogen (secondary N) is 1. The molecule has 6 heteroatoms. The average Bonchev–Trinajstić information content (AvgIpc) is 3.14. The molecule has 1 aromatic heterocycles. The molecule has 0 unspecified atom stereocenters. The average molecular weight is 339 g/mol. The van der Waals surface area contributed by atoms with Crippen LogP contribution in [0.2, 0.25) is 0 Å². The minimum absolute atomic E-state index is 0.204. The van der Waals surface area contributed by atoms with E-state index in [1.54, 1.807) is 18.6 Å². The Morgan fingerprint density at radius 2 is 1.79 bits per heavy atom. The minimum Gasteiger partial charge on any atom is -0.306 e. The first-order valence-electron chi connectivity index (χ1n) is 7.43. The van der Waals surface area contributed by atoms with Crippen LogP contribution in [0, 0.1) is 0 Å². The van der Waals surface area contributed by atoms with E-state index in [2.05, 4.69) is 9.71 Å². The van der Waals surface area contributed by atoms with Crippen molar-refractivity contribution in [3.8, 4) is 5.69 Å². The van der Waals surface area contributed by atoms with Crippen LogP contribution in [0.15, 0.2) is 78.7 Å². The number of rotatable bonds is 6. The first-order valence-corrected chi connectivity index (χ1v) is 8.98. The molecule has 0 bridgehead atoms. The SMILES string of the molecule is O=S(=O)(C=Cc1ccccc1)NCc1ccccc1-n1ccnc1. The molecule has 0 aliphatic heterocycles. The molecule has 0 saturated heterocycles. The van der Waals surface area contributed by atoms with Gasteiger partial charge in [-0.15, -0.1) is 0 Å². The van der Waals surface area contributed by atoms with Gasteiger partial charge in [0.15, 0.2) is 0 Å². The third kappa shape index (κ3) is 4.18. The van der Waals surface area contributed by atoms with Gasteiger partial charge in [-0.25, -0.2) is 18.1 Å². The van der Waals surface area contributed by atoms with Crippen molar-refractivity contribution in [1.29, 1.82) is 0 Å². The summed E-state index contributed by atoms with van der Waals surface area (Å²) in [5.41, 5.74) is 2.60. The second-order valence-corrected chi connectivity index (χ2v) is 6.83. The van der Waals surface area contributed by atoms with Crippen molar-refractivity contribution in [2.24, 2.45) is 0 Å². The molecule has 24 heavy (non-hydrogen) atoms. The highest BCUT2D eigenvalue weighted by Crippen LogP contribution is 2.14. The summed E-state index contributed by atoms with van der Waals surface area (Å²) in [5.74, 6) is 0. The summed E-state index contributed by atoms with van der Waals surface area (Å²) in [5, 5.41) is 1.18. The fourth-order valence-corrected chi connectivity index (χ4v) is 3.06. The molecule has 3 aromatic rings. The van der Waals surface area contributed by atoms with Crippen LogP contribution in [0.25, 0.3) is 11.8 Å². The quantitative estimate of drug-likeness (QED) is 0.751. The molecule has 1 heterocycles. The fraction of sp³-hybridized carbons (Fsp3) is 0.0556. The van der Waals surface area contributed by atoms with E-state index in [0.29, 0.717) is 0 Å². The van der Waals surface area contributed by atoms with Crippen molar-refractivity contribution in [2.75, 3.05) is 0 Å². The van der Waals surface area contributed by atoms with Gasteiger partial charge in [-0.2, -0.15) is 0 Å². The van der Waals surface area contributed by atoms with Gasteiger partial charge in [-0.05, 0) is 23.3 Å². The molecule has 2 aromatic carbocycles. The number of aromatic nitrogens is 2. The van der Waals surface area contributed by atoms with E-state index in [0.717, 1.165) is 16.8 Å². The van der Waals surface area contributed by atoms with Crippen LogP contribution >= 0.6 is 0 Å². The maximum Gasteiger partial charge on any atom is 0.234 e. The fourth-order valence-electron chi connectivity index (χ4n) is 2.27. The third-order valence-corrected chi connectivity index (χ3v) is 4.52. The van der Waals surface area contributed by atoms with E-state index in [1.165, 1.54) is 5.41 Å². The van der Waals surface area contributed by atoms with E-state index in [9.17, 15) is 8.42 Å². The third-order valence-electron chi connectivity index (χ3n) is 3.48. The molecule has 0 saturated carbocycles. The van der Waals surface area contributed by atoms with Gasteiger partial charge in [0.05, 0.1) is 12.0 Å². The summed E-state index contributed by atoms with van der Waals surface area (Å²) in [6, 6.07) is 16.9. The maximum absolute atomic E-state index is 12.2. The van der Waals surface area contributed by atoms with E-state index in [-0.39, 0.29) is 6.54 Å². The van der Waals surface area contributed by atoms with Crippen molar-refractivity contribution >= 4 is 16.1 Å². The van der Waals surface area contributed by atoms with Crippen LogP contribution in [-0.4, -0.2) is 18.0 Å². The molecule has 0 atom stereocenters. The van der Waals surface area contributed by atoms with Gasteiger partial charge >= 0.3 is 0 Å². The first kappa shape index (κ1) is 16.2. The highest BCUT2D eigenvalue weighted by atomic mass is 32.2. The lowest BCUT2D eigenvalue weighted by Gasteiger charge is -2.10. The normalized spacial score (nSPS) is 11.8. The standard InChI is InChI=1S/C18H17N3O2S/c22-24(23,13-10-16-6-2-1-3-7-16)20-14-17-8-4-5-9-18(17)21-12-11-19-15-21/h1-13,15,20H,14H2. The van der Waals surface area contributed by atoms with Gasteiger partial charge in [0, 0.05) is 24.3 Å². The number of benzene rings is 2. The predicted molar refractivity (Wildman–Crippen MR) is 94.8 cm³/mol. The zero-order valence-electron chi connectivity index (χ0n) is 12.9. The van der Waals surface area contributed by atoms with Crippen LogP contribution in [0.4, 0.5) is 0 Å². The Morgan fingerprint density at radius 3 is 2.54 bits per heavy atom. The molecule has 0 aliphatic rings. The van der Waals surface area contributed by atoms with Gasteiger partial charge in [-0.1, -0.05) is 48.5 Å². The van der Waals surface area contributed by atoms with Gasteiger partial charge in [0.1, 0.15) is 0 Å². The van der Waals surface area contributed by atoms with Crippen molar-refractivity contribution < 1.29 is 8.42 Å². The predicted octanol–water partition coefficient (Wildman–Crippen LogP) is 2.96. The zero-order valence-corrected chi connectivity index (χ0v) is 13.7. The lowest BCUT2D eigenvalue weighted by Crippen LogP contribution is -2.21. The Morgan fingerprint density at radius 1 is 1.04 bits per heavy atom. The summed E-state index contributed by atoms with van der Waals surface area (Å²) in [4.78, 5) is 4.02. The first-order chi connectivity index (χ1) is 11.6. The van der Waals surface area contributed by atoms with Crippen LogP contribution in [-0.2, 0) is 16.6 Å². The van der Waals surface area contributed by atoms with E-state index in [4.69, 9.17) is 0 Å². The number of hydrogen-bond donors (Lipinski definition) is 1. The summed E-state index contributed by atoms with van der Waals surface area (Å²) < 4.78 is 28.8. The maximum atomic E-state index is 12.2. The smallest absolute Gasteiger partial charge is 0.234 e. The Kier molecular flexibility index (Phi) is 4.88. The Hall–Kier alpha value is -2.70. The van der Waals surface area contributed by atoms with Crippen molar-refractivity contribution in [2.45, 2.75) is 6.54 Å². The van der Waals surface area contributed by atoms with Crippen LogP contribution in [0.3, 0.4) is 0 Å². The van der Waals surface area contributed by atoms with Crippen molar-refractivity contribution in [3.05, 3.63) is 89.9 Å². The molecule has 0 amide bonds. The molecule has 1 N–H and O–H groups in total. The molecule has 0 aliphatic carbocycles. The van der Waals surface area contributed by atoms with Gasteiger partial charge in [-0.3, -0.25) is 0 Å². The van der Waals surface area contributed by atoms with Crippen LogP contribution in [0.1, 0.15) is 11.1 Å². The molecule has 5 nitrogen and oxygen atoms in total. The summed E-state index contributed by atoms with van der Waals surface area (Å²) in [6.45, 7) is 0.204. The van der Waals surface area contributed by atoms with Crippen molar-refractivity contribution in [1.82, 2.24) is 14.3 Å². The lowest BCUT2D eigenvalue weighted by molar-refractivity contribution is 0.590. The topological polar surface area (TPSA) is 64.0 Å². The molecule has 122 valence electrons. The summed E-state index contributed by atoms with van der Waals surface area (Å²) >= 11 is 0. The van der Waals surface area contributed by atoms with Gasteiger partial charge < -0.3 is 4.57 Å².